The molecule has 2 heterocycles. The van der Waals surface area contributed by atoms with Crippen LogP contribution in [-0.2, 0) is 16.1 Å². The quantitative estimate of drug-likeness (QED) is 0.464. The van der Waals surface area contributed by atoms with Crippen molar-refractivity contribution < 1.29 is 18.8 Å². The molecular weight excluding hydrogens is 488 g/mol. The molecule has 0 spiro atoms. The van der Waals surface area contributed by atoms with Crippen LogP contribution in [0, 0.1) is 5.92 Å². The fourth-order valence-corrected chi connectivity index (χ4v) is 4.09. The van der Waals surface area contributed by atoms with E-state index in [1.165, 1.54) is 0 Å². The Labute approximate surface area is 200 Å². The molecule has 8 nitrogen and oxygen atoms in total. The molecule has 2 aromatic carbocycles. The number of esters is 1. The number of anilines is 1. The maximum Gasteiger partial charge on any atom is 0.338 e. The SMILES string of the molecule is CCOC(=O)c1cccc(NC(=O)C2CCCN(Cc3nc(-c4ccc(Br)cc4)no3)C2)c1. The van der Waals surface area contributed by atoms with Crippen molar-refractivity contribution in [2.24, 2.45) is 5.92 Å². The van der Waals surface area contributed by atoms with E-state index in [-0.39, 0.29) is 11.8 Å². The van der Waals surface area contributed by atoms with Crippen LogP contribution >= 0.6 is 15.9 Å². The first-order valence-electron chi connectivity index (χ1n) is 10.9. The Kier molecular flexibility index (Phi) is 7.51. The number of hydrogen-bond acceptors (Lipinski definition) is 7. The standard InChI is InChI=1S/C24H25BrN4O4/c1-2-32-24(31)17-5-3-7-20(13-17)26-23(30)18-6-4-12-29(14-18)15-21-27-22(28-33-21)16-8-10-19(25)11-9-16/h3,5,7-11,13,18H,2,4,6,12,14-15H2,1H3,(H,26,30). The number of rotatable bonds is 7. The summed E-state index contributed by atoms with van der Waals surface area (Å²) in [5.74, 6) is 0.432. The fourth-order valence-electron chi connectivity index (χ4n) is 3.82. The average molecular weight is 513 g/mol. The van der Waals surface area contributed by atoms with Gasteiger partial charge in [0.15, 0.2) is 0 Å². The first-order chi connectivity index (χ1) is 16.0. The van der Waals surface area contributed by atoms with E-state index >= 15 is 0 Å². The molecule has 172 valence electrons. The first kappa shape index (κ1) is 23.1. The first-order valence-corrected chi connectivity index (χ1v) is 11.7. The van der Waals surface area contributed by atoms with Crippen molar-refractivity contribution in [1.29, 1.82) is 0 Å². The van der Waals surface area contributed by atoms with Crippen molar-refractivity contribution in [1.82, 2.24) is 15.0 Å². The number of carbonyl (C=O) groups excluding carboxylic acids is 2. The van der Waals surface area contributed by atoms with Gasteiger partial charge in [0.05, 0.1) is 24.6 Å². The van der Waals surface area contributed by atoms with Crippen LogP contribution in [0.5, 0.6) is 0 Å². The highest BCUT2D eigenvalue weighted by molar-refractivity contribution is 9.10. The van der Waals surface area contributed by atoms with Gasteiger partial charge in [-0.25, -0.2) is 4.79 Å². The average Bonchev–Trinajstić information content (AvgIpc) is 3.28. The lowest BCUT2D eigenvalue weighted by Gasteiger charge is -2.30. The maximum atomic E-state index is 12.9. The van der Waals surface area contributed by atoms with E-state index in [1.54, 1.807) is 31.2 Å². The van der Waals surface area contributed by atoms with Crippen LogP contribution in [0.25, 0.3) is 11.4 Å². The summed E-state index contributed by atoms with van der Waals surface area (Å²) in [5, 5.41) is 7.02. The molecule has 33 heavy (non-hydrogen) atoms. The Hall–Kier alpha value is -3.04. The largest absolute Gasteiger partial charge is 0.462 e. The van der Waals surface area contributed by atoms with Crippen molar-refractivity contribution in [2.45, 2.75) is 26.3 Å². The van der Waals surface area contributed by atoms with E-state index in [9.17, 15) is 9.59 Å². The lowest BCUT2D eigenvalue weighted by atomic mass is 9.97. The van der Waals surface area contributed by atoms with Crippen LogP contribution in [0.15, 0.2) is 57.5 Å². The van der Waals surface area contributed by atoms with Crippen molar-refractivity contribution in [2.75, 3.05) is 25.0 Å². The summed E-state index contributed by atoms with van der Waals surface area (Å²) in [6.07, 6.45) is 1.70. The monoisotopic (exact) mass is 512 g/mol. The van der Waals surface area contributed by atoms with Gasteiger partial charge in [0.1, 0.15) is 0 Å². The molecule has 1 aliphatic heterocycles. The number of nitrogens with zero attached hydrogens (tertiary/aromatic N) is 3. The van der Waals surface area contributed by atoms with E-state index in [1.807, 2.05) is 24.3 Å². The zero-order valence-corrected chi connectivity index (χ0v) is 19.9. The van der Waals surface area contributed by atoms with Crippen molar-refractivity contribution in [3.63, 3.8) is 0 Å². The van der Waals surface area contributed by atoms with Gasteiger partial charge in [-0.15, -0.1) is 0 Å². The second kappa shape index (κ2) is 10.7. The lowest BCUT2D eigenvalue weighted by Crippen LogP contribution is -2.40. The summed E-state index contributed by atoms with van der Waals surface area (Å²) in [7, 11) is 0. The van der Waals surface area contributed by atoms with Crippen molar-refractivity contribution in [3.05, 3.63) is 64.5 Å². The fraction of sp³-hybridized carbons (Fsp3) is 0.333. The van der Waals surface area contributed by atoms with Crippen molar-refractivity contribution in [3.8, 4) is 11.4 Å². The smallest absolute Gasteiger partial charge is 0.338 e. The predicted octanol–water partition coefficient (Wildman–Crippen LogP) is 4.53. The highest BCUT2D eigenvalue weighted by atomic mass is 79.9. The van der Waals surface area contributed by atoms with Crippen LogP contribution in [0.2, 0.25) is 0 Å². The van der Waals surface area contributed by atoms with E-state index in [0.717, 1.165) is 29.4 Å². The van der Waals surface area contributed by atoms with Gasteiger partial charge in [-0.3, -0.25) is 9.69 Å². The molecule has 1 atom stereocenters. The molecule has 1 fully saturated rings. The highest BCUT2D eigenvalue weighted by Crippen LogP contribution is 2.23. The lowest BCUT2D eigenvalue weighted by molar-refractivity contribution is -0.121. The Bertz CT molecular complexity index is 1120. The van der Waals surface area contributed by atoms with Gasteiger partial charge in [0, 0.05) is 22.3 Å². The molecule has 1 aromatic heterocycles. The molecular formula is C24H25BrN4O4. The molecule has 0 bridgehead atoms. The number of nitrogens with one attached hydrogen (secondary N) is 1. The molecule has 1 amide bonds. The molecule has 0 saturated carbocycles. The summed E-state index contributed by atoms with van der Waals surface area (Å²) in [5.41, 5.74) is 1.88. The van der Waals surface area contributed by atoms with E-state index in [4.69, 9.17) is 9.26 Å². The molecule has 3 aromatic rings. The maximum absolute atomic E-state index is 12.9. The number of halogens is 1. The molecule has 1 saturated heterocycles. The van der Waals surface area contributed by atoms with Crippen LogP contribution in [-0.4, -0.2) is 46.6 Å². The van der Waals surface area contributed by atoms with Crippen LogP contribution in [0.3, 0.4) is 0 Å². The highest BCUT2D eigenvalue weighted by Gasteiger charge is 2.27. The number of aromatic nitrogens is 2. The Balaban J connectivity index is 1.35. The van der Waals surface area contributed by atoms with Crippen molar-refractivity contribution >= 4 is 33.5 Å². The third kappa shape index (κ3) is 6.06. The van der Waals surface area contributed by atoms with Gasteiger partial charge in [-0.2, -0.15) is 4.98 Å². The van der Waals surface area contributed by atoms with Crippen LogP contribution < -0.4 is 5.32 Å². The Morgan fingerprint density at radius 3 is 2.85 bits per heavy atom. The summed E-state index contributed by atoms with van der Waals surface area (Å²) in [6, 6.07) is 14.5. The second-order valence-corrected chi connectivity index (χ2v) is 8.80. The van der Waals surface area contributed by atoms with Crippen LogP contribution in [0.1, 0.15) is 36.0 Å². The molecule has 1 aliphatic rings. The summed E-state index contributed by atoms with van der Waals surface area (Å²) < 4.78 is 11.5. The molecule has 1 N–H and O–H groups in total. The summed E-state index contributed by atoms with van der Waals surface area (Å²) in [6.45, 7) is 4.01. The number of amides is 1. The van der Waals surface area contributed by atoms with Gasteiger partial charge in [0.25, 0.3) is 0 Å². The summed E-state index contributed by atoms with van der Waals surface area (Å²) >= 11 is 3.42. The second-order valence-electron chi connectivity index (χ2n) is 7.88. The number of piperidine rings is 1. The number of ether oxygens (including phenoxy) is 1. The zero-order valence-electron chi connectivity index (χ0n) is 18.3. The molecule has 9 heteroatoms. The minimum atomic E-state index is -0.403. The molecule has 1 unspecified atom stereocenters. The van der Waals surface area contributed by atoms with E-state index < -0.39 is 5.97 Å². The van der Waals surface area contributed by atoms with Gasteiger partial charge < -0.3 is 14.6 Å². The zero-order chi connectivity index (χ0) is 23.2. The molecule has 4 rings (SSSR count). The topological polar surface area (TPSA) is 97.6 Å². The number of benzene rings is 2. The third-order valence-corrected chi connectivity index (χ3v) is 5.98. The molecule has 0 radical (unpaired) electrons. The van der Waals surface area contributed by atoms with Gasteiger partial charge in [-0.05, 0) is 68.8 Å². The number of hydrogen-bond donors (Lipinski definition) is 1. The van der Waals surface area contributed by atoms with Gasteiger partial charge in [0.2, 0.25) is 17.6 Å². The van der Waals surface area contributed by atoms with Gasteiger partial charge >= 0.3 is 5.97 Å². The predicted molar refractivity (Wildman–Crippen MR) is 126 cm³/mol. The normalized spacial score (nSPS) is 16.4. The summed E-state index contributed by atoms with van der Waals surface area (Å²) in [4.78, 5) is 31.5. The molecule has 0 aliphatic carbocycles. The van der Waals surface area contributed by atoms with E-state index in [0.29, 0.717) is 42.7 Å². The Morgan fingerprint density at radius 2 is 2.06 bits per heavy atom. The van der Waals surface area contributed by atoms with Gasteiger partial charge in [-0.1, -0.05) is 27.2 Å². The number of likely N-dealkylation sites (tertiary alicyclic amines) is 1. The number of carbonyl (C=O) groups is 2. The minimum Gasteiger partial charge on any atom is -0.462 e. The van der Waals surface area contributed by atoms with Crippen LogP contribution in [0.4, 0.5) is 5.69 Å². The third-order valence-electron chi connectivity index (χ3n) is 5.45. The minimum absolute atomic E-state index is 0.0678. The van der Waals surface area contributed by atoms with E-state index in [2.05, 4.69) is 36.3 Å². The Morgan fingerprint density at radius 1 is 1.24 bits per heavy atom.